The van der Waals surface area contributed by atoms with Crippen molar-refractivity contribution in [2.45, 2.75) is 49.9 Å². The van der Waals surface area contributed by atoms with E-state index >= 15 is 0 Å². The molecule has 2 fully saturated rings. The van der Waals surface area contributed by atoms with Crippen LogP contribution in [0.3, 0.4) is 0 Å². The smallest absolute Gasteiger partial charge is 0.225 e. The average Bonchev–Trinajstić information content (AvgIpc) is 2.39. The number of rotatable bonds is 3. The summed E-state index contributed by atoms with van der Waals surface area (Å²) in [6.45, 7) is 1.57. The summed E-state index contributed by atoms with van der Waals surface area (Å²) < 4.78 is 28.3. The molecule has 2 N–H and O–H groups in total. The number of piperidine rings is 1. The van der Waals surface area contributed by atoms with Crippen LogP contribution in [0.25, 0.3) is 0 Å². The fraction of sp³-hybridized carbons (Fsp3) is 0.917. The van der Waals surface area contributed by atoms with Gasteiger partial charge in [0.15, 0.2) is 0 Å². The third-order valence-electron chi connectivity index (χ3n) is 3.87. The zero-order chi connectivity index (χ0) is 13.9. The highest BCUT2D eigenvalue weighted by Crippen LogP contribution is 2.20. The Hall–Kier alpha value is -0.660. The Morgan fingerprint density at radius 1 is 1.26 bits per heavy atom. The molecule has 0 radical (unpaired) electrons. The summed E-state index contributed by atoms with van der Waals surface area (Å²) in [7, 11) is -3.55. The van der Waals surface area contributed by atoms with Gasteiger partial charge in [0.05, 0.1) is 17.8 Å². The van der Waals surface area contributed by atoms with Gasteiger partial charge in [0.25, 0.3) is 0 Å². The van der Waals surface area contributed by atoms with Gasteiger partial charge in [-0.1, -0.05) is 0 Å². The van der Waals surface area contributed by atoms with E-state index < -0.39 is 15.3 Å². The molecule has 2 heterocycles. The Labute approximate surface area is 114 Å². The van der Waals surface area contributed by atoms with E-state index in [0.717, 1.165) is 25.9 Å². The number of sulfonamides is 1. The molecule has 110 valence electrons. The fourth-order valence-corrected chi connectivity index (χ4v) is 3.61. The number of likely N-dealkylation sites (tertiary alicyclic amines) is 1. The standard InChI is InChI=1S/C12H22N2O4S/c13-19(16,17)11-5-3-6-14(9-11)12(15)8-10-4-1-2-7-18-10/h10-11H,1-9H2,(H2,13,16,17). The van der Waals surface area contributed by atoms with Gasteiger partial charge in [0.2, 0.25) is 15.9 Å². The van der Waals surface area contributed by atoms with Gasteiger partial charge in [-0.15, -0.1) is 0 Å². The van der Waals surface area contributed by atoms with Crippen LogP contribution < -0.4 is 5.14 Å². The zero-order valence-electron chi connectivity index (χ0n) is 11.1. The summed E-state index contributed by atoms with van der Waals surface area (Å²) in [6, 6.07) is 0. The number of primary sulfonamides is 1. The second-order valence-corrected chi connectivity index (χ2v) is 7.23. The molecule has 0 spiro atoms. The molecule has 6 nitrogen and oxygen atoms in total. The lowest BCUT2D eigenvalue weighted by Gasteiger charge is -2.33. The summed E-state index contributed by atoms with van der Waals surface area (Å²) in [5.74, 6) is -0.0137. The number of carbonyl (C=O) groups excluding carboxylic acids is 1. The molecule has 0 saturated carbocycles. The predicted molar refractivity (Wildman–Crippen MR) is 70.9 cm³/mol. The van der Waals surface area contributed by atoms with Gasteiger partial charge in [-0.2, -0.15) is 0 Å². The van der Waals surface area contributed by atoms with Gasteiger partial charge in [0.1, 0.15) is 0 Å². The van der Waals surface area contributed by atoms with Crippen LogP contribution in [0.5, 0.6) is 0 Å². The second kappa shape index (κ2) is 6.19. The van der Waals surface area contributed by atoms with Crippen LogP contribution in [-0.2, 0) is 19.6 Å². The summed E-state index contributed by atoms with van der Waals surface area (Å²) in [5, 5.41) is 4.55. The molecule has 7 heteroatoms. The van der Waals surface area contributed by atoms with E-state index in [-0.39, 0.29) is 18.6 Å². The van der Waals surface area contributed by atoms with E-state index in [9.17, 15) is 13.2 Å². The van der Waals surface area contributed by atoms with Crippen LogP contribution >= 0.6 is 0 Å². The molecule has 1 amide bonds. The Balaban J connectivity index is 1.88. The van der Waals surface area contributed by atoms with E-state index in [1.54, 1.807) is 4.90 Å². The quantitative estimate of drug-likeness (QED) is 0.805. The van der Waals surface area contributed by atoms with E-state index in [1.165, 1.54) is 0 Å². The van der Waals surface area contributed by atoms with E-state index in [4.69, 9.17) is 9.88 Å². The summed E-state index contributed by atoms with van der Waals surface area (Å²) in [4.78, 5) is 13.8. The Kier molecular flexibility index (Phi) is 4.81. The van der Waals surface area contributed by atoms with Crippen LogP contribution in [0.1, 0.15) is 38.5 Å². The highest BCUT2D eigenvalue weighted by Gasteiger charge is 2.31. The normalized spacial score (nSPS) is 29.2. The van der Waals surface area contributed by atoms with Gasteiger partial charge >= 0.3 is 0 Å². The molecule has 0 aromatic rings. The number of ether oxygens (including phenoxy) is 1. The Morgan fingerprint density at radius 2 is 2.05 bits per heavy atom. The first-order valence-corrected chi connectivity index (χ1v) is 8.49. The summed E-state index contributed by atoms with van der Waals surface area (Å²) in [6.07, 6.45) is 4.66. The topological polar surface area (TPSA) is 89.7 Å². The minimum Gasteiger partial charge on any atom is -0.378 e. The zero-order valence-corrected chi connectivity index (χ0v) is 11.9. The van der Waals surface area contributed by atoms with Gasteiger partial charge < -0.3 is 9.64 Å². The van der Waals surface area contributed by atoms with Crippen molar-refractivity contribution in [3.63, 3.8) is 0 Å². The number of carbonyl (C=O) groups is 1. The number of nitrogens with zero attached hydrogens (tertiary/aromatic N) is 1. The Morgan fingerprint density at radius 3 is 2.68 bits per heavy atom. The minimum absolute atomic E-state index is 0.00360. The largest absolute Gasteiger partial charge is 0.378 e. The minimum atomic E-state index is -3.55. The molecular weight excluding hydrogens is 268 g/mol. The first kappa shape index (κ1) is 14.7. The number of amides is 1. The average molecular weight is 290 g/mol. The molecule has 2 unspecified atom stereocenters. The van der Waals surface area contributed by atoms with Crippen LogP contribution in [0.4, 0.5) is 0 Å². The van der Waals surface area contributed by atoms with E-state index in [0.29, 0.717) is 25.8 Å². The number of hydrogen-bond donors (Lipinski definition) is 1. The highest BCUT2D eigenvalue weighted by atomic mass is 32.2. The predicted octanol–water partition coefficient (Wildman–Crippen LogP) is 0.225. The van der Waals surface area contributed by atoms with Crippen molar-refractivity contribution in [3.05, 3.63) is 0 Å². The molecule has 0 aromatic carbocycles. The van der Waals surface area contributed by atoms with Crippen molar-refractivity contribution in [2.75, 3.05) is 19.7 Å². The molecule has 2 aliphatic rings. The second-order valence-electron chi connectivity index (χ2n) is 5.39. The van der Waals surface area contributed by atoms with E-state index in [2.05, 4.69) is 0 Å². The van der Waals surface area contributed by atoms with Crippen molar-refractivity contribution in [2.24, 2.45) is 5.14 Å². The van der Waals surface area contributed by atoms with Crippen molar-refractivity contribution >= 4 is 15.9 Å². The van der Waals surface area contributed by atoms with Gasteiger partial charge in [-0.25, -0.2) is 13.6 Å². The van der Waals surface area contributed by atoms with Crippen LogP contribution in [0.2, 0.25) is 0 Å². The maximum absolute atomic E-state index is 12.1. The SMILES string of the molecule is NS(=O)(=O)C1CCCN(C(=O)CC2CCCCO2)C1. The molecule has 2 rings (SSSR count). The highest BCUT2D eigenvalue weighted by molar-refractivity contribution is 7.89. The fourth-order valence-electron chi connectivity index (χ4n) is 2.73. The molecular formula is C12H22N2O4S. The maximum Gasteiger partial charge on any atom is 0.225 e. The monoisotopic (exact) mass is 290 g/mol. The van der Waals surface area contributed by atoms with Crippen LogP contribution in [0.15, 0.2) is 0 Å². The third kappa shape index (κ3) is 4.15. The lowest BCUT2D eigenvalue weighted by molar-refractivity contribution is -0.135. The molecule has 19 heavy (non-hydrogen) atoms. The molecule has 0 bridgehead atoms. The number of nitrogens with two attached hydrogens (primary N) is 1. The lowest BCUT2D eigenvalue weighted by atomic mass is 10.0. The summed E-state index contributed by atoms with van der Waals surface area (Å²) in [5.41, 5.74) is 0. The van der Waals surface area contributed by atoms with Crippen molar-refractivity contribution in [1.29, 1.82) is 0 Å². The first-order chi connectivity index (χ1) is 8.97. The third-order valence-corrected chi connectivity index (χ3v) is 5.19. The van der Waals surface area contributed by atoms with Crippen LogP contribution in [0, 0.1) is 0 Å². The van der Waals surface area contributed by atoms with Gasteiger partial charge in [-0.3, -0.25) is 4.79 Å². The molecule has 2 atom stereocenters. The van der Waals surface area contributed by atoms with Crippen LogP contribution in [-0.4, -0.2) is 50.3 Å². The molecule has 2 saturated heterocycles. The molecule has 0 aliphatic carbocycles. The van der Waals surface area contributed by atoms with E-state index in [1.807, 2.05) is 0 Å². The van der Waals surface area contributed by atoms with Gasteiger partial charge in [0, 0.05) is 19.7 Å². The Bertz CT molecular complexity index is 417. The first-order valence-electron chi connectivity index (χ1n) is 6.88. The lowest BCUT2D eigenvalue weighted by Crippen LogP contribution is -2.47. The number of hydrogen-bond acceptors (Lipinski definition) is 4. The maximum atomic E-state index is 12.1. The van der Waals surface area contributed by atoms with Crippen molar-refractivity contribution in [1.82, 2.24) is 4.90 Å². The van der Waals surface area contributed by atoms with Gasteiger partial charge in [-0.05, 0) is 32.1 Å². The molecule has 0 aromatic heterocycles. The molecule has 2 aliphatic heterocycles. The summed E-state index contributed by atoms with van der Waals surface area (Å²) >= 11 is 0. The van der Waals surface area contributed by atoms with Crippen molar-refractivity contribution in [3.8, 4) is 0 Å². The van der Waals surface area contributed by atoms with Crippen molar-refractivity contribution < 1.29 is 17.9 Å².